The number of rotatable bonds is 5. The Hall–Kier alpha value is -2.73. The second kappa shape index (κ2) is 7.44. The van der Waals surface area contributed by atoms with Crippen LogP contribution in [0, 0.1) is 6.92 Å². The Balaban J connectivity index is 1.75. The lowest BCUT2D eigenvalue weighted by atomic mass is 10.2. The number of aryl methyl sites for hydroxylation is 1. The number of nitrogens with one attached hydrogen (secondary N) is 1. The molecule has 0 radical (unpaired) electrons. The topological polar surface area (TPSA) is 64.1 Å². The first kappa shape index (κ1) is 17.1. The van der Waals surface area contributed by atoms with Gasteiger partial charge in [0.25, 0.3) is 5.91 Å². The summed E-state index contributed by atoms with van der Waals surface area (Å²) in [6, 6.07) is 9.29. The zero-order valence-electron chi connectivity index (χ0n) is 14.3. The van der Waals surface area contributed by atoms with E-state index in [1.165, 1.54) is 0 Å². The smallest absolute Gasteiger partial charge is 0.259 e. The van der Waals surface area contributed by atoms with Gasteiger partial charge in [-0.25, -0.2) is 4.98 Å². The molecule has 0 atom stereocenters. The summed E-state index contributed by atoms with van der Waals surface area (Å²) in [5.41, 5.74) is 3.22. The van der Waals surface area contributed by atoms with Crippen molar-refractivity contribution in [1.29, 1.82) is 0 Å². The fourth-order valence-corrected chi connectivity index (χ4v) is 3.10. The standard InChI is InChI=1S/C19H19N3O2S/c1-12(2)24-17-10-20-9-8-16(17)18(23)22-15-6-4-14(5-7-15)19-21-13(3)11-25-19/h4-12H,1-3H3,(H,22,23). The second-order valence-corrected chi connectivity index (χ2v) is 6.72. The van der Waals surface area contributed by atoms with E-state index in [0.29, 0.717) is 17.0 Å². The van der Waals surface area contributed by atoms with Crippen LogP contribution in [0.5, 0.6) is 5.75 Å². The van der Waals surface area contributed by atoms with Crippen LogP contribution in [0.2, 0.25) is 0 Å². The van der Waals surface area contributed by atoms with E-state index in [2.05, 4.69) is 15.3 Å². The molecular formula is C19H19N3O2S. The van der Waals surface area contributed by atoms with Gasteiger partial charge >= 0.3 is 0 Å². The molecule has 0 aliphatic carbocycles. The van der Waals surface area contributed by atoms with Gasteiger partial charge in [-0.1, -0.05) is 0 Å². The van der Waals surface area contributed by atoms with Gasteiger partial charge in [0.05, 0.1) is 17.9 Å². The van der Waals surface area contributed by atoms with Crippen molar-refractivity contribution in [3.05, 3.63) is 59.4 Å². The Morgan fingerprint density at radius 2 is 1.96 bits per heavy atom. The molecule has 0 bridgehead atoms. The van der Waals surface area contributed by atoms with Crippen molar-refractivity contribution >= 4 is 22.9 Å². The number of ether oxygens (including phenoxy) is 1. The first-order chi connectivity index (χ1) is 12.0. The molecule has 2 aromatic heterocycles. The molecule has 0 aliphatic heterocycles. The normalized spacial score (nSPS) is 10.7. The number of nitrogens with zero attached hydrogens (tertiary/aromatic N) is 2. The Labute approximate surface area is 150 Å². The molecule has 1 N–H and O–H groups in total. The van der Waals surface area contributed by atoms with Gasteiger partial charge in [-0.15, -0.1) is 11.3 Å². The molecule has 3 rings (SSSR count). The average Bonchev–Trinajstić information content (AvgIpc) is 3.02. The number of amides is 1. The number of carbonyl (C=O) groups is 1. The molecule has 0 spiro atoms. The Bertz CT molecular complexity index is 872. The van der Waals surface area contributed by atoms with Crippen LogP contribution in [-0.2, 0) is 0 Å². The van der Waals surface area contributed by atoms with Crippen LogP contribution in [-0.4, -0.2) is 22.0 Å². The minimum absolute atomic E-state index is 0.0308. The number of thiazole rings is 1. The molecule has 6 heteroatoms. The highest BCUT2D eigenvalue weighted by atomic mass is 32.1. The molecule has 2 heterocycles. The van der Waals surface area contributed by atoms with Crippen LogP contribution >= 0.6 is 11.3 Å². The summed E-state index contributed by atoms with van der Waals surface area (Å²) in [6.45, 7) is 5.79. The number of benzene rings is 1. The lowest BCUT2D eigenvalue weighted by Gasteiger charge is -2.13. The van der Waals surface area contributed by atoms with E-state index in [0.717, 1.165) is 16.3 Å². The number of pyridine rings is 1. The second-order valence-electron chi connectivity index (χ2n) is 5.86. The predicted octanol–water partition coefficient (Wildman–Crippen LogP) is 4.55. The van der Waals surface area contributed by atoms with Gasteiger partial charge in [-0.05, 0) is 51.1 Å². The third-order valence-corrected chi connectivity index (χ3v) is 4.41. The van der Waals surface area contributed by atoms with Crippen LogP contribution in [0.3, 0.4) is 0 Å². The summed E-state index contributed by atoms with van der Waals surface area (Å²) >= 11 is 1.60. The van der Waals surface area contributed by atoms with Gasteiger partial charge < -0.3 is 10.1 Å². The largest absolute Gasteiger partial charge is 0.489 e. The van der Waals surface area contributed by atoms with Gasteiger partial charge in [0.2, 0.25) is 0 Å². The van der Waals surface area contributed by atoms with Gasteiger partial charge in [0, 0.05) is 28.5 Å². The summed E-state index contributed by atoms with van der Waals surface area (Å²) in [5.74, 6) is 0.251. The zero-order valence-corrected chi connectivity index (χ0v) is 15.1. The summed E-state index contributed by atoms with van der Waals surface area (Å²) in [7, 11) is 0. The molecule has 0 unspecified atom stereocenters. The summed E-state index contributed by atoms with van der Waals surface area (Å²) < 4.78 is 5.65. The number of hydrogen-bond acceptors (Lipinski definition) is 5. The van der Waals surface area contributed by atoms with Gasteiger partial charge in [0.1, 0.15) is 5.01 Å². The maximum Gasteiger partial charge on any atom is 0.259 e. The lowest BCUT2D eigenvalue weighted by Crippen LogP contribution is -2.16. The van der Waals surface area contributed by atoms with Gasteiger partial charge in [0.15, 0.2) is 5.75 Å². The summed E-state index contributed by atoms with van der Waals surface area (Å²) in [5, 5.41) is 5.88. The maximum atomic E-state index is 12.5. The molecule has 1 aromatic carbocycles. The Kier molecular flexibility index (Phi) is 5.09. The van der Waals surface area contributed by atoms with Crippen LogP contribution < -0.4 is 10.1 Å². The highest BCUT2D eigenvalue weighted by molar-refractivity contribution is 7.13. The van der Waals surface area contributed by atoms with E-state index in [1.807, 2.05) is 50.4 Å². The molecule has 3 aromatic rings. The number of anilines is 1. The van der Waals surface area contributed by atoms with Crippen LogP contribution in [0.15, 0.2) is 48.1 Å². The third kappa shape index (κ3) is 4.22. The number of hydrogen-bond donors (Lipinski definition) is 1. The molecule has 0 fully saturated rings. The average molecular weight is 353 g/mol. The maximum absolute atomic E-state index is 12.5. The van der Waals surface area contributed by atoms with E-state index in [-0.39, 0.29) is 12.0 Å². The van der Waals surface area contributed by atoms with Crippen molar-refractivity contribution in [3.63, 3.8) is 0 Å². The summed E-state index contributed by atoms with van der Waals surface area (Å²) in [4.78, 5) is 21.0. The van der Waals surface area contributed by atoms with E-state index < -0.39 is 0 Å². The van der Waals surface area contributed by atoms with Crippen molar-refractivity contribution in [2.24, 2.45) is 0 Å². The minimum atomic E-state index is -0.226. The Morgan fingerprint density at radius 1 is 1.20 bits per heavy atom. The van der Waals surface area contributed by atoms with Gasteiger partial charge in [-0.2, -0.15) is 0 Å². The number of carbonyl (C=O) groups excluding carboxylic acids is 1. The monoisotopic (exact) mass is 353 g/mol. The lowest BCUT2D eigenvalue weighted by molar-refractivity contribution is 0.102. The van der Waals surface area contributed by atoms with Crippen molar-refractivity contribution in [3.8, 4) is 16.3 Å². The molecule has 0 aliphatic rings. The van der Waals surface area contributed by atoms with Crippen LogP contribution in [0.25, 0.3) is 10.6 Å². The molecule has 128 valence electrons. The van der Waals surface area contributed by atoms with Crippen molar-refractivity contribution in [2.45, 2.75) is 26.9 Å². The predicted molar refractivity (Wildman–Crippen MR) is 100 cm³/mol. The van der Waals surface area contributed by atoms with Crippen molar-refractivity contribution in [2.75, 3.05) is 5.32 Å². The molecule has 0 saturated heterocycles. The van der Waals surface area contributed by atoms with Crippen molar-refractivity contribution in [1.82, 2.24) is 9.97 Å². The molecular weight excluding hydrogens is 334 g/mol. The Morgan fingerprint density at radius 3 is 2.60 bits per heavy atom. The van der Waals surface area contributed by atoms with Crippen LogP contribution in [0.1, 0.15) is 29.9 Å². The molecule has 1 amide bonds. The SMILES string of the molecule is Cc1csc(-c2ccc(NC(=O)c3ccncc3OC(C)C)cc2)n1. The van der Waals surface area contributed by atoms with E-state index in [1.54, 1.807) is 29.8 Å². The first-order valence-electron chi connectivity index (χ1n) is 7.97. The molecule has 5 nitrogen and oxygen atoms in total. The quantitative estimate of drug-likeness (QED) is 0.731. The van der Waals surface area contributed by atoms with E-state index in [4.69, 9.17) is 4.74 Å². The molecule has 0 saturated carbocycles. The minimum Gasteiger partial charge on any atom is -0.489 e. The third-order valence-electron chi connectivity index (χ3n) is 3.40. The van der Waals surface area contributed by atoms with E-state index >= 15 is 0 Å². The first-order valence-corrected chi connectivity index (χ1v) is 8.85. The highest BCUT2D eigenvalue weighted by Crippen LogP contribution is 2.25. The summed E-state index contributed by atoms with van der Waals surface area (Å²) in [6.07, 6.45) is 3.11. The fraction of sp³-hybridized carbons (Fsp3) is 0.211. The van der Waals surface area contributed by atoms with Crippen molar-refractivity contribution < 1.29 is 9.53 Å². The van der Waals surface area contributed by atoms with Crippen LogP contribution in [0.4, 0.5) is 5.69 Å². The fourth-order valence-electron chi connectivity index (χ4n) is 2.30. The zero-order chi connectivity index (χ0) is 17.8. The molecule has 25 heavy (non-hydrogen) atoms. The van der Waals surface area contributed by atoms with E-state index in [9.17, 15) is 4.79 Å². The number of aromatic nitrogens is 2. The van der Waals surface area contributed by atoms with Gasteiger partial charge in [-0.3, -0.25) is 9.78 Å². The highest BCUT2D eigenvalue weighted by Gasteiger charge is 2.14.